The Bertz CT molecular complexity index is 1290. The first-order valence-electron chi connectivity index (χ1n) is 10.3. The van der Waals surface area contributed by atoms with E-state index in [-0.39, 0.29) is 12.1 Å². The number of alkyl halides is 2. The molecule has 182 valence electrons. The van der Waals surface area contributed by atoms with Crippen LogP contribution < -0.4 is 5.32 Å². The van der Waals surface area contributed by atoms with Crippen molar-refractivity contribution in [3.8, 4) is 0 Å². The van der Waals surface area contributed by atoms with E-state index in [1.807, 2.05) is 0 Å². The van der Waals surface area contributed by atoms with Gasteiger partial charge in [-0.3, -0.25) is 9.79 Å². The summed E-state index contributed by atoms with van der Waals surface area (Å²) in [7, 11) is 0. The van der Waals surface area contributed by atoms with Crippen LogP contribution in [0.4, 0.5) is 22.0 Å². The fraction of sp³-hybridized carbons (Fsp3) is 0.217. The molecule has 0 bridgehead atoms. The molecule has 1 amide bonds. The van der Waals surface area contributed by atoms with Crippen molar-refractivity contribution in [1.82, 2.24) is 20.3 Å². The topological polar surface area (TPSA) is 92.4 Å². The maximum absolute atomic E-state index is 15.3. The Morgan fingerprint density at radius 1 is 1.09 bits per heavy atom. The number of aromatic nitrogens is 3. The molecular formula is C23H18F5N5O2. The van der Waals surface area contributed by atoms with Crippen molar-refractivity contribution in [2.75, 3.05) is 13.2 Å². The summed E-state index contributed by atoms with van der Waals surface area (Å²) in [4.78, 5) is 17.9. The zero-order valence-electron chi connectivity index (χ0n) is 17.9. The van der Waals surface area contributed by atoms with E-state index in [1.165, 1.54) is 30.6 Å². The first-order chi connectivity index (χ1) is 16.7. The van der Waals surface area contributed by atoms with E-state index in [1.54, 1.807) is 0 Å². The molecule has 35 heavy (non-hydrogen) atoms. The third-order valence-electron chi connectivity index (χ3n) is 5.39. The summed E-state index contributed by atoms with van der Waals surface area (Å²) in [6.07, 6.45) is 2.49. The van der Waals surface area contributed by atoms with Crippen molar-refractivity contribution in [3.63, 3.8) is 0 Å². The number of allylic oxidation sites excluding steroid dienone is 1. The van der Waals surface area contributed by atoms with Crippen molar-refractivity contribution in [3.05, 3.63) is 89.0 Å². The molecule has 1 atom stereocenters. The van der Waals surface area contributed by atoms with E-state index in [0.717, 1.165) is 29.1 Å². The van der Waals surface area contributed by atoms with Gasteiger partial charge in [0, 0.05) is 5.57 Å². The van der Waals surface area contributed by atoms with Crippen LogP contribution in [-0.2, 0) is 6.54 Å². The second-order valence-corrected chi connectivity index (χ2v) is 7.66. The van der Waals surface area contributed by atoms with E-state index >= 15 is 4.39 Å². The Kier molecular flexibility index (Phi) is 6.74. The van der Waals surface area contributed by atoms with Crippen LogP contribution in [0.25, 0.3) is 5.57 Å². The highest BCUT2D eigenvalue weighted by Gasteiger charge is 2.41. The van der Waals surface area contributed by atoms with Gasteiger partial charge in [-0.1, -0.05) is 18.2 Å². The average Bonchev–Trinajstić information content (AvgIpc) is 3.49. The summed E-state index contributed by atoms with van der Waals surface area (Å²) in [5.74, 6) is -7.36. The van der Waals surface area contributed by atoms with Gasteiger partial charge < -0.3 is 10.4 Å². The molecule has 1 aliphatic heterocycles. The summed E-state index contributed by atoms with van der Waals surface area (Å²) in [6, 6.07) is 6.25. The van der Waals surface area contributed by atoms with Crippen molar-refractivity contribution in [1.29, 1.82) is 0 Å². The maximum atomic E-state index is 15.3. The lowest BCUT2D eigenvalue weighted by Gasteiger charge is -2.26. The number of halogens is 5. The van der Waals surface area contributed by atoms with Crippen molar-refractivity contribution >= 4 is 17.2 Å². The third kappa shape index (κ3) is 4.97. The van der Waals surface area contributed by atoms with E-state index < -0.39 is 65.3 Å². The number of rotatable bonds is 8. The molecule has 2 N–H and O–H groups in total. The molecule has 0 saturated carbocycles. The number of hydrogen-bond acceptors (Lipinski definition) is 5. The first kappa shape index (κ1) is 24.2. The third-order valence-corrected chi connectivity index (χ3v) is 5.39. The molecule has 12 heteroatoms. The number of amides is 1. The number of aliphatic hydroxyl groups is 1. The lowest BCUT2D eigenvalue weighted by molar-refractivity contribution is -0.0823. The number of carbonyl (C=O) groups is 1. The Morgan fingerprint density at radius 2 is 1.77 bits per heavy atom. The monoisotopic (exact) mass is 491 g/mol. The number of aliphatic hydroxyl groups excluding tert-OH is 1. The molecule has 0 unspecified atom stereocenters. The largest absolute Gasteiger partial charge is 0.390 e. The second-order valence-electron chi connectivity index (χ2n) is 7.66. The molecule has 1 aromatic heterocycles. The van der Waals surface area contributed by atoms with E-state index in [9.17, 15) is 22.4 Å². The van der Waals surface area contributed by atoms with Crippen molar-refractivity contribution in [2.45, 2.75) is 18.5 Å². The van der Waals surface area contributed by atoms with Gasteiger partial charge in [-0.2, -0.15) is 15.0 Å². The quantitative estimate of drug-likeness (QED) is 0.474. The molecule has 0 spiro atoms. The fourth-order valence-corrected chi connectivity index (χ4v) is 3.58. The van der Waals surface area contributed by atoms with Gasteiger partial charge >= 0.3 is 0 Å². The highest BCUT2D eigenvalue weighted by molar-refractivity contribution is 6.21. The van der Waals surface area contributed by atoms with Crippen LogP contribution in [0.1, 0.15) is 21.5 Å². The van der Waals surface area contributed by atoms with Crippen LogP contribution in [0.2, 0.25) is 0 Å². The Balaban J connectivity index is 1.67. The van der Waals surface area contributed by atoms with Crippen LogP contribution in [-0.4, -0.2) is 56.8 Å². The Morgan fingerprint density at radius 3 is 2.43 bits per heavy atom. The lowest BCUT2D eigenvalue weighted by Crippen LogP contribution is -2.52. The lowest BCUT2D eigenvalue weighted by atomic mass is 9.98. The van der Waals surface area contributed by atoms with Gasteiger partial charge in [0.25, 0.3) is 11.8 Å². The van der Waals surface area contributed by atoms with Crippen LogP contribution in [0.3, 0.4) is 0 Å². The van der Waals surface area contributed by atoms with Crippen LogP contribution >= 0.6 is 0 Å². The number of carbonyl (C=O) groups excluding carboxylic acids is 1. The summed E-state index contributed by atoms with van der Waals surface area (Å²) in [5, 5.41) is 18.6. The number of hydrogen-bond donors (Lipinski definition) is 2. The number of benzene rings is 2. The molecule has 2 aromatic carbocycles. The van der Waals surface area contributed by atoms with Gasteiger partial charge in [-0.15, -0.1) is 0 Å². The minimum Gasteiger partial charge on any atom is -0.390 e. The molecule has 1 aliphatic rings. The standard InChI is InChI=1S/C23H18F5N5O2/c24-14-6-4-13(5-7-14)16-10-29-21(20(16)26)19-15(2-1-3-17(19)25)22(35)32-18(23(27,28)12-34)11-33-30-8-9-31-33/h1-9,18,34H,10-12H2,(H,32,35)/t18-/m1/s1. The normalized spacial score (nSPS) is 14.7. The first-order valence-corrected chi connectivity index (χ1v) is 10.3. The van der Waals surface area contributed by atoms with E-state index in [0.29, 0.717) is 5.56 Å². The minimum atomic E-state index is -3.78. The molecule has 0 fully saturated rings. The molecule has 2 heterocycles. The Hall–Kier alpha value is -3.93. The van der Waals surface area contributed by atoms with E-state index in [2.05, 4.69) is 20.5 Å². The predicted molar refractivity (Wildman–Crippen MR) is 116 cm³/mol. The summed E-state index contributed by atoms with van der Waals surface area (Å²) in [5.41, 5.74) is -1.04. The highest BCUT2D eigenvalue weighted by atomic mass is 19.3. The van der Waals surface area contributed by atoms with Crippen molar-refractivity contribution in [2.24, 2.45) is 4.99 Å². The van der Waals surface area contributed by atoms with Crippen molar-refractivity contribution < 1.29 is 31.9 Å². The van der Waals surface area contributed by atoms with Gasteiger partial charge in [0.2, 0.25) is 0 Å². The molecule has 0 radical (unpaired) electrons. The molecule has 7 nitrogen and oxygen atoms in total. The average molecular weight is 491 g/mol. The minimum absolute atomic E-state index is 0.0593. The zero-order valence-corrected chi connectivity index (χ0v) is 17.9. The molecular weight excluding hydrogens is 473 g/mol. The fourth-order valence-electron chi connectivity index (χ4n) is 3.58. The summed E-state index contributed by atoms with van der Waals surface area (Å²) in [6.45, 7) is -2.38. The Labute approximate surface area is 195 Å². The second kappa shape index (κ2) is 9.74. The maximum Gasteiger partial charge on any atom is 0.292 e. The van der Waals surface area contributed by atoms with Gasteiger partial charge in [-0.25, -0.2) is 22.0 Å². The van der Waals surface area contributed by atoms with Gasteiger partial charge in [0.15, 0.2) is 5.83 Å². The smallest absolute Gasteiger partial charge is 0.292 e. The van der Waals surface area contributed by atoms with Gasteiger partial charge in [-0.05, 0) is 29.8 Å². The van der Waals surface area contributed by atoms with E-state index in [4.69, 9.17) is 5.11 Å². The molecule has 4 rings (SSSR count). The molecule has 3 aromatic rings. The zero-order chi connectivity index (χ0) is 25.2. The number of nitrogens with one attached hydrogen (secondary N) is 1. The van der Waals surface area contributed by atoms with Crippen LogP contribution in [0.15, 0.2) is 65.7 Å². The molecule has 0 saturated heterocycles. The SMILES string of the molecule is O=C(N[C@H](Cn1nccn1)C(F)(F)CO)c1cccc(F)c1C1=NCC(c2ccc(F)cc2)=C1F. The number of nitrogens with zero attached hydrogens (tertiary/aromatic N) is 4. The summed E-state index contributed by atoms with van der Waals surface area (Å²) < 4.78 is 72.1. The number of aliphatic imine (C=N–C) groups is 1. The van der Waals surface area contributed by atoms with Crippen LogP contribution in [0, 0.1) is 11.6 Å². The van der Waals surface area contributed by atoms with Gasteiger partial charge in [0.05, 0.1) is 36.6 Å². The molecule has 0 aliphatic carbocycles. The van der Waals surface area contributed by atoms with Crippen LogP contribution in [0.5, 0.6) is 0 Å². The predicted octanol–water partition coefficient (Wildman–Crippen LogP) is 3.17. The van der Waals surface area contributed by atoms with Gasteiger partial charge in [0.1, 0.15) is 30.0 Å². The summed E-state index contributed by atoms with van der Waals surface area (Å²) >= 11 is 0. The highest BCUT2D eigenvalue weighted by Crippen LogP contribution is 2.31.